The van der Waals surface area contributed by atoms with Crippen LogP contribution in [0.3, 0.4) is 0 Å². The SMILES string of the molecule is CCOc1ccc(N(CC(=O)Nc2cc(S(=O)(=O)N3CCOCC3)ccc2OC)S(=O)(=O)c2ccc(Cl)cc2)cc1. The van der Waals surface area contributed by atoms with Crippen molar-refractivity contribution in [2.24, 2.45) is 0 Å². The lowest BCUT2D eigenvalue weighted by atomic mass is 10.2. The van der Waals surface area contributed by atoms with Gasteiger partial charge in [0.05, 0.1) is 48.1 Å². The summed E-state index contributed by atoms with van der Waals surface area (Å²) in [6, 6.07) is 15.9. The number of halogens is 1. The van der Waals surface area contributed by atoms with Gasteiger partial charge in [0.25, 0.3) is 10.0 Å². The lowest BCUT2D eigenvalue weighted by Crippen LogP contribution is -2.40. The number of anilines is 2. The summed E-state index contributed by atoms with van der Waals surface area (Å²) < 4.78 is 72.0. The molecule has 1 aliphatic rings. The first-order valence-corrected chi connectivity index (χ1v) is 15.9. The Labute approximate surface area is 244 Å². The quantitative estimate of drug-likeness (QED) is 0.343. The van der Waals surface area contributed by atoms with Crippen LogP contribution in [0.2, 0.25) is 5.02 Å². The van der Waals surface area contributed by atoms with Crippen LogP contribution in [0.1, 0.15) is 6.92 Å². The van der Waals surface area contributed by atoms with Crippen molar-refractivity contribution in [2.45, 2.75) is 16.7 Å². The molecule has 0 radical (unpaired) electrons. The predicted molar refractivity (Wildman–Crippen MR) is 155 cm³/mol. The van der Waals surface area contributed by atoms with E-state index in [1.54, 1.807) is 12.1 Å². The zero-order chi connectivity index (χ0) is 29.6. The van der Waals surface area contributed by atoms with Crippen molar-refractivity contribution in [1.82, 2.24) is 4.31 Å². The third-order valence-corrected chi connectivity index (χ3v) is 10.1. The number of rotatable bonds is 11. The molecule has 3 aromatic rings. The summed E-state index contributed by atoms with van der Waals surface area (Å²) in [4.78, 5) is 13.2. The summed E-state index contributed by atoms with van der Waals surface area (Å²) in [5, 5.41) is 2.97. The van der Waals surface area contributed by atoms with E-state index in [9.17, 15) is 21.6 Å². The zero-order valence-electron chi connectivity index (χ0n) is 22.4. The second kappa shape index (κ2) is 13.1. The van der Waals surface area contributed by atoms with Crippen LogP contribution in [-0.4, -0.2) is 73.6 Å². The van der Waals surface area contributed by atoms with Gasteiger partial charge in [0.1, 0.15) is 18.0 Å². The topological polar surface area (TPSA) is 132 Å². The molecular formula is C27H30ClN3O8S2. The molecule has 1 heterocycles. The molecule has 0 spiro atoms. The molecule has 14 heteroatoms. The van der Waals surface area contributed by atoms with E-state index in [2.05, 4.69) is 5.32 Å². The third kappa shape index (κ3) is 7.11. The van der Waals surface area contributed by atoms with Gasteiger partial charge in [-0.15, -0.1) is 0 Å². The highest BCUT2D eigenvalue weighted by Crippen LogP contribution is 2.31. The van der Waals surface area contributed by atoms with Gasteiger partial charge in [-0.05, 0) is 73.7 Å². The average molecular weight is 624 g/mol. The second-order valence-electron chi connectivity index (χ2n) is 8.82. The highest BCUT2D eigenvalue weighted by molar-refractivity contribution is 7.92. The van der Waals surface area contributed by atoms with Crippen molar-refractivity contribution in [2.75, 3.05) is 56.2 Å². The summed E-state index contributed by atoms with van der Waals surface area (Å²) in [5.74, 6) is 0.00988. The molecule has 41 heavy (non-hydrogen) atoms. The summed E-state index contributed by atoms with van der Waals surface area (Å²) in [7, 11) is -6.71. The van der Waals surface area contributed by atoms with Gasteiger partial charge in [-0.3, -0.25) is 9.10 Å². The number of benzene rings is 3. The van der Waals surface area contributed by atoms with E-state index >= 15 is 0 Å². The van der Waals surface area contributed by atoms with E-state index in [-0.39, 0.29) is 53.2 Å². The van der Waals surface area contributed by atoms with E-state index in [0.717, 1.165) is 4.31 Å². The molecule has 1 amide bonds. The first-order valence-electron chi connectivity index (χ1n) is 12.6. The Morgan fingerprint density at radius 3 is 2.22 bits per heavy atom. The monoisotopic (exact) mass is 623 g/mol. The van der Waals surface area contributed by atoms with Gasteiger partial charge in [-0.2, -0.15) is 4.31 Å². The number of carbonyl (C=O) groups is 1. The zero-order valence-corrected chi connectivity index (χ0v) is 24.8. The van der Waals surface area contributed by atoms with Crippen molar-refractivity contribution in [3.8, 4) is 11.5 Å². The number of amides is 1. The summed E-state index contributed by atoms with van der Waals surface area (Å²) in [6.45, 7) is 2.60. The standard InChI is InChI=1S/C27H30ClN3O8S2/c1-3-39-22-8-6-21(7-9-22)31(41(35,36)23-10-4-20(28)5-11-23)19-27(32)29-25-18-24(12-13-26(25)37-2)40(33,34)30-14-16-38-17-15-30/h4-13,18H,3,14-17,19H2,1-2H3,(H,29,32). The van der Waals surface area contributed by atoms with E-state index in [1.807, 2.05) is 6.92 Å². The number of nitrogens with one attached hydrogen (secondary N) is 1. The Kier molecular flexibility index (Phi) is 9.76. The van der Waals surface area contributed by atoms with Gasteiger partial charge in [0, 0.05) is 18.1 Å². The van der Waals surface area contributed by atoms with Crippen molar-refractivity contribution < 1.29 is 35.8 Å². The fraction of sp³-hybridized carbons (Fsp3) is 0.296. The molecule has 4 rings (SSSR count). The minimum Gasteiger partial charge on any atom is -0.495 e. The molecule has 1 N–H and O–H groups in total. The first kappa shape index (κ1) is 30.6. The van der Waals surface area contributed by atoms with Gasteiger partial charge in [-0.25, -0.2) is 16.8 Å². The molecule has 0 bridgehead atoms. The maximum Gasteiger partial charge on any atom is 0.264 e. The molecule has 0 aromatic heterocycles. The molecule has 220 valence electrons. The summed E-state index contributed by atoms with van der Waals surface area (Å²) in [6.07, 6.45) is 0. The van der Waals surface area contributed by atoms with Crippen molar-refractivity contribution in [3.63, 3.8) is 0 Å². The smallest absolute Gasteiger partial charge is 0.264 e. The Morgan fingerprint density at radius 2 is 1.61 bits per heavy atom. The lowest BCUT2D eigenvalue weighted by Gasteiger charge is -2.26. The summed E-state index contributed by atoms with van der Waals surface area (Å²) in [5.41, 5.74) is 0.288. The average Bonchev–Trinajstić information content (AvgIpc) is 2.97. The molecular weight excluding hydrogens is 594 g/mol. The molecule has 1 saturated heterocycles. The van der Waals surface area contributed by atoms with Gasteiger partial charge < -0.3 is 19.5 Å². The van der Waals surface area contributed by atoms with Crippen molar-refractivity contribution in [1.29, 1.82) is 0 Å². The Hall–Kier alpha value is -3.36. The molecule has 3 aromatic carbocycles. The minimum absolute atomic E-state index is 0.0485. The highest BCUT2D eigenvalue weighted by Gasteiger charge is 2.29. The first-order chi connectivity index (χ1) is 19.6. The Bertz CT molecular complexity index is 1580. The van der Waals surface area contributed by atoms with Crippen LogP contribution < -0.4 is 19.1 Å². The highest BCUT2D eigenvalue weighted by atomic mass is 35.5. The Morgan fingerprint density at radius 1 is 0.976 bits per heavy atom. The van der Waals surface area contributed by atoms with Crippen molar-refractivity contribution >= 4 is 48.9 Å². The van der Waals surface area contributed by atoms with Gasteiger partial charge in [0.2, 0.25) is 15.9 Å². The van der Waals surface area contributed by atoms with Crippen LogP contribution in [0.15, 0.2) is 76.5 Å². The van der Waals surface area contributed by atoms with Gasteiger partial charge in [0.15, 0.2) is 0 Å². The maximum absolute atomic E-state index is 13.7. The molecule has 11 nitrogen and oxygen atoms in total. The van der Waals surface area contributed by atoms with Gasteiger partial charge in [-0.1, -0.05) is 11.6 Å². The van der Waals surface area contributed by atoms with Crippen LogP contribution >= 0.6 is 11.6 Å². The number of sulfonamides is 2. The van der Waals surface area contributed by atoms with Crippen molar-refractivity contribution in [3.05, 3.63) is 71.8 Å². The van der Waals surface area contributed by atoms with Crippen LogP contribution in [-0.2, 0) is 29.6 Å². The lowest BCUT2D eigenvalue weighted by molar-refractivity contribution is -0.114. The van der Waals surface area contributed by atoms with E-state index in [1.165, 1.54) is 66.0 Å². The number of carbonyl (C=O) groups excluding carboxylic acids is 1. The van der Waals surface area contributed by atoms with Crippen LogP contribution in [0.5, 0.6) is 11.5 Å². The van der Waals surface area contributed by atoms with Crippen LogP contribution in [0.25, 0.3) is 0 Å². The third-order valence-electron chi connectivity index (χ3n) is 6.18. The molecule has 0 atom stereocenters. The predicted octanol–water partition coefficient (Wildman–Crippen LogP) is 3.60. The number of hydrogen-bond acceptors (Lipinski definition) is 8. The number of ether oxygens (including phenoxy) is 3. The normalized spacial score (nSPS) is 14.3. The van der Waals surface area contributed by atoms with E-state index < -0.39 is 32.5 Å². The van der Waals surface area contributed by atoms with E-state index in [4.69, 9.17) is 25.8 Å². The Balaban J connectivity index is 1.65. The fourth-order valence-corrected chi connectivity index (χ4v) is 7.11. The van der Waals surface area contributed by atoms with Crippen LogP contribution in [0.4, 0.5) is 11.4 Å². The fourth-order valence-electron chi connectivity index (χ4n) is 4.13. The second-order valence-corrected chi connectivity index (χ2v) is 13.1. The molecule has 1 fully saturated rings. The molecule has 0 aliphatic carbocycles. The molecule has 0 saturated carbocycles. The molecule has 0 unspecified atom stereocenters. The number of nitrogens with zero attached hydrogens (tertiary/aromatic N) is 2. The largest absolute Gasteiger partial charge is 0.495 e. The number of methoxy groups -OCH3 is 1. The number of morpholine rings is 1. The maximum atomic E-state index is 13.7. The van der Waals surface area contributed by atoms with E-state index in [0.29, 0.717) is 17.4 Å². The molecule has 1 aliphatic heterocycles. The minimum atomic E-state index is -4.22. The van der Waals surface area contributed by atoms with Crippen LogP contribution in [0, 0.1) is 0 Å². The summed E-state index contributed by atoms with van der Waals surface area (Å²) >= 11 is 5.95. The number of hydrogen-bond donors (Lipinski definition) is 1. The van der Waals surface area contributed by atoms with Gasteiger partial charge >= 0.3 is 0 Å².